The van der Waals surface area contributed by atoms with Crippen LogP contribution in [-0.2, 0) is 16.4 Å². The number of benzene rings is 1. The van der Waals surface area contributed by atoms with Crippen LogP contribution in [0.4, 0.5) is 10.1 Å². The second kappa shape index (κ2) is 10.0. The Hall–Kier alpha value is -3.80. The summed E-state index contributed by atoms with van der Waals surface area (Å²) in [6, 6.07) is 10.1. The molecule has 0 aliphatic heterocycles. The van der Waals surface area contributed by atoms with Gasteiger partial charge in [-0.25, -0.2) is 22.8 Å². The number of aromatic nitrogens is 2. The largest absolute Gasteiger partial charge is 0.459 e. The molecule has 0 saturated heterocycles. The summed E-state index contributed by atoms with van der Waals surface area (Å²) in [6.45, 7) is 3.25. The maximum atomic E-state index is 13.0. The predicted molar refractivity (Wildman–Crippen MR) is 116 cm³/mol. The third-order valence-corrected chi connectivity index (χ3v) is 5.93. The molecule has 0 saturated carbocycles. The summed E-state index contributed by atoms with van der Waals surface area (Å²) in [5.41, 5.74) is 6.22. The molecule has 3 aromatic rings. The number of hydrazine groups is 1. The van der Waals surface area contributed by atoms with Crippen molar-refractivity contribution in [1.29, 1.82) is 0 Å². The van der Waals surface area contributed by atoms with Crippen molar-refractivity contribution in [3.63, 3.8) is 0 Å². The standard InChI is InChI=1S/C20H21FN6O4S/c1-13-6-3-4-7-16(13)24-20(26-25-19(28)17-8-5-9-31-17)27-32(29,30)14(2)10-18-22-11-15(21)12-23-18/h3-9,11-12,14H,10H2,1-2H3,(H,25,28)(H2,24,26,27)/t14-/m0/s1. The Morgan fingerprint density at radius 2 is 1.88 bits per heavy atom. The molecule has 2 aromatic heterocycles. The van der Waals surface area contributed by atoms with Gasteiger partial charge in [0, 0.05) is 12.1 Å². The van der Waals surface area contributed by atoms with Gasteiger partial charge in [0.25, 0.3) is 10.0 Å². The van der Waals surface area contributed by atoms with Crippen molar-refractivity contribution in [3.8, 4) is 0 Å². The van der Waals surface area contributed by atoms with E-state index in [0.717, 1.165) is 18.0 Å². The highest BCUT2D eigenvalue weighted by Crippen LogP contribution is 2.14. The summed E-state index contributed by atoms with van der Waals surface area (Å²) in [4.78, 5) is 19.7. The van der Waals surface area contributed by atoms with Crippen LogP contribution in [-0.4, -0.2) is 35.5 Å². The lowest BCUT2D eigenvalue weighted by Crippen LogP contribution is -2.45. The van der Waals surface area contributed by atoms with Crippen LogP contribution < -0.4 is 16.2 Å². The number of carbonyl (C=O) groups excluding carboxylic acids is 1. The van der Waals surface area contributed by atoms with Gasteiger partial charge in [-0.15, -0.1) is 4.40 Å². The molecule has 1 aromatic carbocycles. The van der Waals surface area contributed by atoms with Gasteiger partial charge in [-0.3, -0.25) is 15.6 Å². The Labute approximate surface area is 184 Å². The number of guanidine groups is 1. The highest BCUT2D eigenvalue weighted by Gasteiger charge is 2.23. The quantitative estimate of drug-likeness (QED) is 0.289. The first-order valence-electron chi connectivity index (χ1n) is 9.47. The molecule has 0 aliphatic rings. The molecule has 0 aliphatic carbocycles. The lowest BCUT2D eigenvalue weighted by Gasteiger charge is -2.15. The van der Waals surface area contributed by atoms with Crippen molar-refractivity contribution in [2.75, 3.05) is 5.32 Å². The van der Waals surface area contributed by atoms with Gasteiger partial charge in [0.2, 0.25) is 5.96 Å². The Morgan fingerprint density at radius 3 is 2.53 bits per heavy atom. The first-order valence-corrected chi connectivity index (χ1v) is 11.0. The third kappa shape index (κ3) is 6.11. The van der Waals surface area contributed by atoms with E-state index >= 15 is 0 Å². The minimum Gasteiger partial charge on any atom is -0.459 e. The number of amides is 1. The highest BCUT2D eigenvalue weighted by atomic mass is 32.2. The van der Waals surface area contributed by atoms with E-state index in [1.807, 2.05) is 19.1 Å². The highest BCUT2D eigenvalue weighted by molar-refractivity contribution is 7.90. The summed E-state index contributed by atoms with van der Waals surface area (Å²) in [7, 11) is -4.09. The lowest BCUT2D eigenvalue weighted by molar-refractivity contribution is 0.0916. The van der Waals surface area contributed by atoms with Crippen LogP contribution >= 0.6 is 0 Å². The van der Waals surface area contributed by atoms with Crippen molar-refractivity contribution in [1.82, 2.24) is 20.8 Å². The normalized spacial score (nSPS) is 12.8. The van der Waals surface area contributed by atoms with Crippen LogP contribution in [0.15, 0.2) is 63.9 Å². The first-order chi connectivity index (χ1) is 15.2. The number of halogens is 1. The summed E-state index contributed by atoms with van der Waals surface area (Å²) in [5.74, 6) is -1.29. The average Bonchev–Trinajstić information content (AvgIpc) is 3.30. The molecule has 0 bridgehead atoms. The van der Waals surface area contributed by atoms with Crippen LogP contribution in [0.3, 0.4) is 0 Å². The fourth-order valence-corrected chi connectivity index (χ4v) is 3.41. The molecule has 1 atom stereocenters. The Bertz CT molecular complexity index is 1200. The smallest absolute Gasteiger partial charge is 0.305 e. The first kappa shape index (κ1) is 22.9. The number of nitrogens with one attached hydrogen (secondary N) is 3. The van der Waals surface area contributed by atoms with Crippen molar-refractivity contribution in [2.45, 2.75) is 25.5 Å². The van der Waals surface area contributed by atoms with E-state index in [1.165, 1.54) is 19.3 Å². The van der Waals surface area contributed by atoms with E-state index in [0.29, 0.717) is 5.69 Å². The number of rotatable bonds is 6. The van der Waals surface area contributed by atoms with Gasteiger partial charge < -0.3 is 9.73 Å². The van der Waals surface area contributed by atoms with E-state index in [4.69, 9.17) is 4.42 Å². The second-order valence-corrected chi connectivity index (χ2v) is 8.80. The van der Waals surface area contributed by atoms with Crippen molar-refractivity contribution >= 4 is 27.6 Å². The minimum absolute atomic E-state index is 0.0254. The number of hydrogen-bond acceptors (Lipinski definition) is 6. The molecule has 10 nitrogen and oxygen atoms in total. The molecule has 0 unspecified atom stereocenters. The Morgan fingerprint density at radius 1 is 1.16 bits per heavy atom. The number of nitrogens with zero attached hydrogens (tertiary/aromatic N) is 3. The summed E-state index contributed by atoms with van der Waals surface area (Å²) in [6.07, 6.45) is 3.17. The molecule has 0 radical (unpaired) electrons. The minimum atomic E-state index is -4.09. The molecule has 2 heterocycles. The van der Waals surface area contributed by atoms with E-state index in [2.05, 4.69) is 30.5 Å². The van der Waals surface area contributed by atoms with Gasteiger partial charge >= 0.3 is 5.91 Å². The van der Waals surface area contributed by atoms with Gasteiger partial charge in [0.1, 0.15) is 5.82 Å². The Kier molecular flexibility index (Phi) is 7.15. The zero-order valence-electron chi connectivity index (χ0n) is 17.2. The fourth-order valence-electron chi connectivity index (χ4n) is 2.53. The second-order valence-electron chi connectivity index (χ2n) is 6.78. The van der Waals surface area contributed by atoms with Crippen LogP contribution in [0.2, 0.25) is 0 Å². The van der Waals surface area contributed by atoms with Crippen molar-refractivity contribution in [3.05, 3.63) is 78.0 Å². The molecular weight excluding hydrogens is 439 g/mol. The van der Waals surface area contributed by atoms with Gasteiger partial charge in [-0.05, 0) is 37.6 Å². The number of aryl methyl sites for hydroxylation is 1. The van der Waals surface area contributed by atoms with Crippen molar-refractivity contribution < 1.29 is 22.0 Å². The topological polar surface area (TPSA) is 139 Å². The van der Waals surface area contributed by atoms with Crippen LogP contribution in [0, 0.1) is 12.7 Å². The Balaban J connectivity index is 1.81. The molecular formula is C20H21FN6O4S. The van der Waals surface area contributed by atoms with Crippen LogP contribution in [0.5, 0.6) is 0 Å². The maximum absolute atomic E-state index is 13.0. The van der Waals surface area contributed by atoms with Gasteiger partial charge in [-0.2, -0.15) is 0 Å². The SMILES string of the molecule is Cc1ccccc1NC(=NS(=O)(=O)[C@@H](C)Cc1ncc(F)cn1)NNC(=O)c1ccco1. The fraction of sp³-hybridized carbons (Fsp3) is 0.200. The molecule has 0 fully saturated rings. The van der Waals surface area contributed by atoms with E-state index in [1.54, 1.807) is 18.2 Å². The summed E-state index contributed by atoms with van der Waals surface area (Å²) < 4.78 is 47.5. The maximum Gasteiger partial charge on any atom is 0.305 e. The zero-order valence-corrected chi connectivity index (χ0v) is 18.1. The lowest BCUT2D eigenvalue weighted by atomic mass is 10.2. The molecule has 1 amide bonds. The van der Waals surface area contributed by atoms with Gasteiger partial charge in [0.05, 0.1) is 23.9 Å². The number of sulfonamides is 1. The average molecular weight is 460 g/mol. The summed E-state index contributed by atoms with van der Waals surface area (Å²) >= 11 is 0. The molecule has 12 heteroatoms. The van der Waals surface area contributed by atoms with E-state index in [9.17, 15) is 17.6 Å². The van der Waals surface area contributed by atoms with Crippen LogP contribution in [0.1, 0.15) is 28.9 Å². The van der Waals surface area contributed by atoms with E-state index < -0.39 is 27.0 Å². The number of carbonyl (C=O) groups is 1. The molecule has 168 valence electrons. The third-order valence-electron chi connectivity index (χ3n) is 4.31. The van der Waals surface area contributed by atoms with E-state index in [-0.39, 0.29) is 24.0 Å². The molecule has 0 spiro atoms. The van der Waals surface area contributed by atoms with Gasteiger partial charge in [-0.1, -0.05) is 18.2 Å². The molecule has 32 heavy (non-hydrogen) atoms. The van der Waals surface area contributed by atoms with Gasteiger partial charge in [0.15, 0.2) is 11.6 Å². The van der Waals surface area contributed by atoms with Crippen LogP contribution in [0.25, 0.3) is 0 Å². The molecule has 3 N–H and O–H groups in total. The number of anilines is 1. The predicted octanol–water partition coefficient (Wildman–Crippen LogP) is 2.18. The summed E-state index contributed by atoms with van der Waals surface area (Å²) in [5, 5.41) is 1.84. The number of para-hydroxylation sites is 1. The molecule has 3 rings (SSSR count). The number of furan rings is 1. The van der Waals surface area contributed by atoms with Crippen molar-refractivity contribution in [2.24, 2.45) is 4.40 Å². The monoisotopic (exact) mass is 460 g/mol. The number of hydrogen-bond donors (Lipinski definition) is 3. The zero-order chi connectivity index (χ0) is 23.1.